The Morgan fingerprint density at radius 2 is 1.40 bits per heavy atom. The van der Waals surface area contributed by atoms with Crippen LogP contribution >= 0.6 is 12.4 Å². The maximum atomic E-state index is 6.12. The minimum Gasteiger partial charge on any atom is -0.399 e. The fraction of sp³-hybridized carbons (Fsp3) is 0.100. The van der Waals surface area contributed by atoms with Gasteiger partial charge < -0.3 is 11.5 Å². The van der Waals surface area contributed by atoms with Crippen molar-refractivity contribution >= 4 is 35.2 Å². The molecule has 3 aromatic carbocycles. The SMILES string of the molecule is Cc1c(N=Nc2ccccc2)ccc(-c2ccc(N)cc2N)c1C.Cl. The van der Waals surface area contributed by atoms with Crippen LogP contribution in [0.2, 0.25) is 0 Å². The van der Waals surface area contributed by atoms with Crippen molar-refractivity contribution in [2.45, 2.75) is 13.8 Å². The van der Waals surface area contributed by atoms with Gasteiger partial charge in [-0.2, -0.15) is 10.2 Å². The third-order valence-electron chi connectivity index (χ3n) is 4.15. The molecule has 4 nitrogen and oxygen atoms in total. The molecule has 0 aliphatic carbocycles. The largest absolute Gasteiger partial charge is 0.399 e. The molecule has 0 aliphatic rings. The van der Waals surface area contributed by atoms with Crippen molar-refractivity contribution in [1.82, 2.24) is 0 Å². The van der Waals surface area contributed by atoms with E-state index in [0.717, 1.165) is 33.6 Å². The van der Waals surface area contributed by atoms with Gasteiger partial charge in [0.2, 0.25) is 0 Å². The zero-order chi connectivity index (χ0) is 17.1. The molecule has 0 atom stereocenters. The van der Waals surface area contributed by atoms with Gasteiger partial charge in [0.1, 0.15) is 0 Å². The van der Waals surface area contributed by atoms with Crippen molar-refractivity contribution in [2.24, 2.45) is 10.2 Å². The Bertz CT molecular complexity index is 905. The molecule has 25 heavy (non-hydrogen) atoms. The summed E-state index contributed by atoms with van der Waals surface area (Å²) in [5, 5.41) is 8.68. The monoisotopic (exact) mass is 352 g/mol. The Kier molecular flexibility index (Phi) is 5.78. The highest BCUT2D eigenvalue weighted by Crippen LogP contribution is 2.35. The Balaban J connectivity index is 0.00000225. The highest BCUT2D eigenvalue weighted by atomic mass is 35.5. The first-order valence-corrected chi connectivity index (χ1v) is 7.78. The third-order valence-corrected chi connectivity index (χ3v) is 4.15. The first kappa shape index (κ1) is 18.5. The lowest BCUT2D eigenvalue weighted by molar-refractivity contribution is 1.19. The predicted molar refractivity (Wildman–Crippen MR) is 108 cm³/mol. The normalized spacial score (nSPS) is 10.6. The van der Waals surface area contributed by atoms with Crippen molar-refractivity contribution in [3.63, 3.8) is 0 Å². The number of anilines is 2. The summed E-state index contributed by atoms with van der Waals surface area (Å²) in [6, 6.07) is 19.3. The van der Waals surface area contributed by atoms with Crippen molar-refractivity contribution in [3.05, 3.63) is 71.8 Å². The first-order chi connectivity index (χ1) is 11.6. The van der Waals surface area contributed by atoms with Crippen LogP contribution in [0.5, 0.6) is 0 Å². The van der Waals surface area contributed by atoms with Gasteiger partial charge in [-0.1, -0.05) is 30.3 Å². The molecular weight excluding hydrogens is 332 g/mol. The van der Waals surface area contributed by atoms with E-state index >= 15 is 0 Å². The number of rotatable bonds is 3. The number of nitrogens with zero attached hydrogens (tertiary/aromatic N) is 2. The third kappa shape index (κ3) is 3.98. The van der Waals surface area contributed by atoms with E-state index in [1.165, 1.54) is 0 Å². The molecule has 5 heteroatoms. The van der Waals surface area contributed by atoms with Crippen molar-refractivity contribution in [3.8, 4) is 11.1 Å². The summed E-state index contributed by atoms with van der Waals surface area (Å²) in [5.41, 5.74) is 19.2. The van der Waals surface area contributed by atoms with E-state index in [0.29, 0.717) is 11.4 Å². The Labute approximate surface area is 154 Å². The number of nitrogens with two attached hydrogens (primary N) is 2. The number of azo groups is 1. The summed E-state index contributed by atoms with van der Waals surface area (Å²) >= 11 is 0. The van der Waals surface area contributed by atoms with Gasteiger partial charge in [0.05, 0.1) is 11.4 Å². The molecule has 3 aromatic rings. The van der Waals surface area contributed by atoms with Gasteiger partial charge in [-0.15, -0.1) is 12.4 Å². The lowest BCUT2D eigenvalue weighted by Crippen LogP contribution is -1.95. The van der Waals surface area contributed by atoms with Gasteiger partial charge in [-0.3, -0.25) is 0 Å². The maximum Gasteiger partial charge on any atom is 0.0889 e. The molecule has 0 amide bonds. The van der Waals surface area contributed by atoms with E-state index in [9.17, 15) is 0 Å². The molecule has 0 bridgehead atoms. The van der Waals surface area contributed by atoms with E-state index < -0.39 is 0 Å². The standard InChI is InChI=1S/C20H20N4.ClH/c1-13-14(2)20(24-23-16-6-4-3-5-7-16)11-10-17(13)18-9-8-15(21)12-19(18)22;/h3-12H,21-22H2,1-2H3;1H. The second-order valence-electron chi connectivity index (χ2n) is 5.76. The molecular formula is C20H21ClN4. The molecule has 4 N–H and O–H groups in total. The molecule has 0 aliphatic heterocycles. The van der Waals surface area contributed by atoms with Gasteiger partial charge in [-0.25, -0.2) is 0 Å². The average molecular weight is 353 g/mol. The van der Waals surface area contributed by atoms with E-state index in [4.69, 9.17) is 11.5 Å². The lowest BCUT2D eigenvalue weighted by Gasteiger charge is -2.13. The molecule has 128 valence electrons. The number of halogens is 1. The second kappa shape index (κ2) is 7.81. The summed E-state index contributed by atoms with van der Waals surface area (Å²) in [6.45, 7) is 4.12. The smallest absolute Gasteiger partial charge is 0.0889 e. The number of hydrogen-bond acceptors (Lipinski definition) is 4. The highest BCUT2D eigenvalue weighted by Gasteiger charge is 2.10. The Morgan fingerprint density at radius 3 is 2.08 bits per heavy atom. The maximum absolute atomic E-state index is 6.12. The summed E-state index contributed by atoms with van der Waals surface area (Å²) in [7, 11) is 0. The van der Waals surface area contributed by atoms with E-state index in [1.807, 2.05) is 61.5 Å². The zero-order valence-corrected chi connectivity index (χ0v) is 15.0. The Morgan fingerprint density at radius 1 is 0.720 bits per heavy atom. The average Bonchev–Trinajstić information content (AvgIpc) is 2.58. The van der Waals surface area contributed by atoms with Crippen molar-refractivity contribution in [1.29, 1.82) is 0 Å². The fourth-order valence-corrected chi connectivity index (χ4v) is 2.64. The van der Waals surface area contributed by atoms with Crippen LogP contribution < -0.4 is 11.5 Å². The van der Waals surface area contributed by atoms with Crippen LogP contribution in [0.25, 0.3) is 11.1 Å². The minimum atomic E-state index is 0. The van der Waals surface area contributed by atoms with E-state index in [1.54, 1.807) is 6.07 Å². The highest BCUT2D eigenvalue weighted by molar-refractivity contribution is 5.85. The molecule has 0 aromatic heterocycles. The van der Waals surface area contributed by atoms with Crippen LogP contribution in [0.1, 0.15) is 11.1 Å². The van der Waals surface area contributed by atoms with Crippen LogP contribution in [0.15, 0.2) is 70.9 Å². The molecule has 0 spiro atoms. The number of hydrogen-bond donors (Lipinski definition) is 2. The molecule has 0 fully saturated rings. The van der Waals surface area contributed by atoms with Gasteiger partial charge in [0, 0.05) is 16.9 Å². The fourth-order valence-electron chi connectivity index (χ4n) is 2.64. The van der Waals surface area contributed by atoms with Crippen LogP contribution in [-0.4, -0.2) is 0 Å². The summed E-state index contributed by atoms with van der Waals surface area (Å²) in [6.07, 6.45) is 0. The zero-order valence-electron chi connectivity index (χ0n) is 14.2. The summed E-state index contributed by atoms with van der Waals surface area (Å²) in [5.74, 6) is 0. The topological polar surface area (TPSA) is 76.8 Å². The van der Waals surface area contributed by atoms with E-state index in [-0.39, 0.29) is 12.4 Å². The predicted octanol–water partition coefficient (Wildman–Crippen LogP) is 5.97. The van der Waals surface area contributed by atoms with Crippen LogP contribution in [0.3, 0.4) is 0 Å². The second-order valence-corrected chi connectivity index (χ2v) is 5.76. The van der Waals surface area contributed by atoms with Crippen molar-refractivity contribution in [2.75, 3.05) is 11.5 Å². The summed E-state index contributed by atoms with van der Waals surface area (Å²) < 4.78 is 0. The van der Waals surface area contributed by atoms with Crippen LogP contribution in [-0.2, 0) is 0 Å². The van der Waals surface area contributed by atoms with Gasteiger partial charge in [-0.05, 0) is 60.9 Å². The van der Waals surface area contributed by atoms with Crippen LogP contribution in [0.4, 0.5) is 22.7 Å². The first-order valence-electron chi connectivity index (χ1n) is 7.78. The van der Waals surface area contributed by atoms with Crippen molar-refractivity contribution < 1.29 is 0 Å². The molecule has 0 saturated heterocycles. The van der Waals surface area contributed by atoms with Gasteiger partial charge >= 0.3 is 0 Å². The number of benzene rings is 3. The van der Waals surface area contributed by atoms with Gasteiger partial charge in [0.15, 0.2) is 0 Å². The molecule has 0 saturated carbocycles. The number of nitrogen functional groups attached to an aromatic ring is 2. The molecule has 0 heterocycles. The molecule has 0 unspecified atom stereocenters. The minimum absolute atomic E-state index is 0. The Hall–Kier alpha value is -2.85. The summed E-state index contributed by atoms with van der Waals surface area (Å²) in [4.78, 5) is 0. The van der Waals surface area contributed by atoms with E-state index in [2.05, 4.69) is 17.2 Å². The molecule has 3 rings (SSSR count). The molecule has 0 radical (unpaired) electrons. The lowest BCUT2D eigenvalue weighted by atomic mass is 9.95. The van der Waals surface area contributed by atoms with Gasteiger partial charge in [0.25, 0.3) is 0 Å². The van der Waals surface area contributed by atoms with Crippen LogP contribution in [0, 0.1) is 13.8 Å². The quantitative estimate of drug-likeness (QED) is 0.449.